The summed E-state index contributed by atoms with van der Waals surface area (Å²) in [6.45, 7) is 2.52. The van der Waals surface area contributed by atoms with Crippen LogP contribution in [-0.2, 0) is 19.5 Å². The van der Waals surface area contributed by atoms with E-state index in [2.05, 4.69) is 35.2 Å². The number of hydrogen-bond acceptors (Lipinski definition) is 3. The lowest BCUT2D eigenvalue weighted by molar-refractivity contribution is 0.408. The number of ether oxygens (including phenoxy) is 1. The van der Waals surface area contributed by atoms with E-state index in [9.17, 15) is 0 Å². The summed E-state index contributed by atoms with van der Waals surface area (Å²) in [5.74, 6) is 0.940. The molecule has 0 unspecified atom stereocenters. The predicted octanol–water partition coefficient (Wildman–Crippen LogP) is 3.11. The fourth-order valence-corrected chi connectivity index (χ4v) is 3.06. The highest BCUT2D eigenvalue weighted by Crippen LogP contribution is 2.30. The van der Waals surface area contributed by atoms with Crippen molar-refractivity contribution in [3.05, 3.63) is 59.2 Å². The molecule has 3 nitrogen and oxygen atoms in total. The van der Waals surface area contributed by atoms with E-state index in [0.717, 1.165) is 24.4 Å². The van der Waals surface area contributed by atoms with Crippen LogP contribution >= 0.6 is 0 Å². The minimum atomic E-state index is 0.563. The van der Waals surface area contributed by atoms with Crippen molar-refractivity contribution >= 4 is 5.69 Å². The van der Waals surface area contributed by atoms with Crippen molar-refractivity contribution in [2.45, 2.75) is 25.9 Å². The Morgan fingerprint density at radius 3 is 2.86 bits per heavy atom. The summed E-state index contributed by atoms with van der Waals surface area (Å²) in [4.78, 5) is 2.44. The zero-order valence-electron chi connectivity index (χ0n) is 12.5. The second kappa shape index (κ2) is 6.19. The molecule has 0 atom stereocenters. The van der Waals surface area contributed by atoms with Crippen LogP contribution in [0.25, 0.3) is 0 Å². The van der Waals surface area contributed by atoms with Gasteiger partial charge in [-0.1, -0.05) is 24.3 Å². The van der Waals surface area contributed by atoms with Gasteiger partial charge in [0.05, 0.1) is 7.11 Å². The van der Waals surface area contributed by atoms with Crippen molar-refractivity contribution in [1.29, 1.82) is 0 Å². The second-order valence-electron chi connectivity index (χ2n) is 5.50. The third kappa shape index (κ3) is 2.88. The molecule has 0 aromatic heterocycles. The SMILES string of the molecule is COc1ccc(CN)cc1CN1CCCc2ccccc21. The van der Waals surface area contributed by atoms with E-state index >= 15 is 0 Å². The molecule has 3 heteroatoms. The standard InChI is InChI=1S/C18H22N2O/c1-21-18-9-8-14(12-19)11-16(18)13-20-10-4-6-15-5-2-3-7-17(15)20/h2-3,5,7-9,11H,4,6,10,12-13,19H2,1H3. The van der Waals surface area contributed by atoms with E-state index in [4.69, 9.17) is 10.5 Å². The molecule has 0 saturated carbocycles. The van der Waals surface area contributed by atoms with Gasteiger partial charge in [0, 0.05) is 30.9 Å². The van der Waals surface area contributed by atoms with Gasteiger partial charge >= 0.3 is 0 Å². The summed E-state index contributed by atoms with van der Waals surface area (Å²) >= 11 is 0. The monoisotopic (exact) mass is 282 g/mol. The summed E-state index contributed by atoms with van der Waals surface area (Å²) in [6.07, 6.45) is 2.38. The average Bonchev–Trinajstić information content (AvgIpc) is 2.55. The lowest BCUT2D eigenvalue weighted by Crippen LogP contribution is -2.29. The summed E-state index contributed by atoms with van der Waals surface area (Å²) in [7, 11) is 1.73. The molecule has 0 spiro atoms. The average molecular weight is 282 g/mol. The maximum atomic E-state index is 5.77. The van der Waals surface area contributed by atoms with Gasteiger partial charge < -0.3 is 15.4 Å². The van der Waals surface area contributed by atoms with Crippen LogP contribution in [0.3, 0.4) is 0 Å². The van der Waals surface area contributed by atoms with Gasteiger partial charge in [-0.25, -0.2) is 0 Å². The van der Waals surface area contributed by atoms with Gasteiger partial charge in [0.15, 0.2) is 0 Å². The first-order valence-electron chi connectivity index (χ1n) is 7.50. The van der Waals surface area contributed by atoms with E-state index in [1.54, 1.807) is 7.11 Å². The Bertz CT molecular complexity index is 624. The van der Waals surface area contributed by atoms with Gasteiger partial charge in [-0.15, -0.1) is 0 Å². The molecule has 2 aromatic rings. The lowest BCUT2D eigenvalue weighted by atomic mass is 10.0. The van der Waals surface area contributed by atoms with Crippen molar-refractivity contribution in [3.63, 3.8) is 0 Å². The molecule has 1 heterocycles. The first-order valence-corrected chi connectivity index (χ1v) is 7.50. The van der Waals surface area contributed by atoms with Crippen LogP contribution in [0.2, 0.25) is 0 Å². The first kappa shape index (κ1) is 14.0. The van der Waals surface area contributed by atoms with Gasteiger partial charge in [0.2, 0.25) is 0 Å². The number of benzene rings is 2. The largest absolute Gasteiger partial charge is 0.496 e. The van der Waals surface area contributed by atoms with Gasteiger partial charge in [0.25, 0.3) is 0 Å². The van der Waals surface area contributed by atoms with Gasteiger partial charge in [0.1, 0.15) is 5.75 Å². The molecule has 0 aliphatic carbocycles. The normalized spacial score (nSPS) is 13.9. The van der Waals surface area contributed by atoms with Crippen LogP contribution in [0.5, 0.6) is 5.75 Å². The third-order valence-electron chi connectivity index (χ3n) is 4.15. The molecule has 110 valence electrons. The highest BCUT2D eigenvalue weighted by atomic mass is 16.5. The molecule has 0 saturated heterocycles. The van der Waals surface area contributed by atoms with Crippen LogP contribution in [0.15, 0.2) is 42.5 Å². The molecule has 0 bridgehead atoms. The Labute approximate surface area is 126 Å². The van der Waals surface area contributed by atoms with E-state index in [1.165, 1.54) is 29.7 Å². The summed E-state index contributed by atoms with van der Waals surface area (Å²) in [5.41, 5.74) is 10.9. The van der Waals surface area contributed by atoms with Crippen molar-refractivity contribution < 1.29 is 4.74 Å². The second-order valence-corrected chi connectivity index (χ2v) is 5.50. The number of aryl methyl sites for hydroxylation is 1. The number of nitrogens with zero attached hydrogens (tertiary/aromatic N) is 1. The Morgan fingerprint density at radius 2 is 2.05 bits per heavy atom. The minimum absolute atomic E-state index is 0.563. The number of nitrogens with two attached hydrogens (primary N) is 1. The van der Waals surface area contributed by atoms with Crippen molar-refractivity contribution in [3.8, 4) is 5.75 Å². The van der Waals surface area contributed by atoms with Gasteiger partial charge in [-0.2, -0.15) is 0 Å². The molecular weight excluding hydrogens is 260 g/mol. The molecule has 21 heavy (non-hydrogen) atoms. The van der Waals surface area contributed by atoms with E-state index in [-0.39, 0.29) is 0 Å². The minimum Gasteiger partial charge on any atom is -0.496 e. The molecule has 1 aliphatic rings. The number of methoxy groups -OCH3 is 1. The number of rotatable bonds is 4. The molecule has 1 aliphatic heterocycles. The fraction of sp³-hybridized carbons (Fsp3) is 0.333. The Kier molecular flexibility index (Phi) is 4.11. The van der Waals surface area contributed by atoms with Crippen LogP contribution in [0, 0.1) is 0 Å². The highest BCUT2D eigenvalue weighted by Gasteiger charge is 2.17. The first-order chi connectivity index (χ1) is 10.3. The zero-order valence-corrected chi connectivity index (χ0v) is 12.5. The number of anilines is 1. The maximum absolute atomic E-state index is 5.77. The molecule has 2 N–H and O–H groups in total. The van der Waals surface area contributed by atoms with Crippen LogP contribution in [0.1, 0.15) is 23.1 Å². The van der Waals surface area contributed by atoms with Gasteiger partial charge in [-0.05, 0) is 42.2 Å². The van der Waals surface area contributed by atoms with E-state index < -0.39 is 0 Å². The van der Waals surface area contributed by atoms with Crippen LogP contribution in [-0.4, -0.2) is 13.7 Å². The summed E-state index contributed by atoms with van der Waals surface area (Å²) in [5, 5.41) is 0. The molecule has 3 rings (SSSR count). The smallest absolute Gasteiger partial charge is 0.123 e. The van der Waals surface area contributed by atoms with Crippen molar-refractivity contribution in [1.82, 2.24) is 0 Å². The van der Waals surface area contributed by atoms with Crippen LogP contribution in [0.4, 0.5) is 5.69 Å². The van der Waals surface area contributed by atoms with E-state index in [1.807, 2.05) is 12.1 Å². The molecule has 0 amide bonds. The molecule has 0 fully saturated rings. The van der Waals surface area contributed by atoms with Crippen molar-refractivity contribution in [2.24, 2.45) is 5.73 Å². The van der Waals surface area contributed by atoms with Crippen LogP contribution < -0.4 is 15.4 Å². The fourth-order valence-electron chi connectivity index (χ4n) is 3.06. The van der Waals surface area contributed by atoms with Crippen molar-refractivity contribution in [2.75, 3.05) is 18.6 Å². The molecule has 0 radical (unpaired) electrons. The van der Waals surface area contributed by atoms with Gasteiger partial charge in [-0.3, -0.25) is 0 Å². The summed E-state index contributed by atoms with van der Waals surface area (Å²) in [6, 6.07) is 14.9. The molecule has 2 aromatic carbocycles. The maximum Gasteiger partial charge on any atom is 0.123 e. The van der Waals surface area contributed by atoms with E-state index in [0.29, 0.717) is 6.54 Å². The predicted molar refractivity (Wildman–Crippen MR) is 86.7 cm³/mol. The number of fused-ring (bicyclic) bond motifs is 1. The molecular formula is C18H22N2O. The Hall–Kier alpha value is -2.00. The Morgan fingerprint density at radius 1 is 1.19 bits per heavy atom. The summed E-state index contributed by atoms with van der Waals surface area (Å²) < 4.78 is 5.51. The Balaban J connectivity index is 1.90. The number of para-hydroxylation sites is 1. The zero-order chi connectivity index (χ0) is 14.7. The highest BCUT2D eigenvalue weighted by molar-refractivity contribution is 5.56. The topological polar surface area (TPSA) is 38.5 Å². The third-order valence-corrected chi connectivity index (χ3v) is 4.15. The number of hydrogen-bond donors (Lipinski definition) is 1. The lowest BCUT2D eigenvalue weighted by Gasteiger charge is -2.31. The quantitative estimate of drug-likeness (QED) is 0.936.